The van der Waals surface area contributed by atoms with Crippen LogP contribution in [0.4, 0.5) is 0 Å². The monoisotopic (exact) mass is 402 g/mol. The van der Waals surface area contributed by atoms with E-state index in [1.54, 1.807) is 17.2 Å². The van der Waals surface area contributed by atoms with Crippen LogP contribution in [0.3, 0.4) is 0 Å². The van der Waals surface area contributed by atoms with Crippen LogP contribution in [-0.2, 0) is 30.7 Å². The van der Waals surface area contributed by atoms with Crippen molar-refractivity contribution in [3.8, 4) is 11.5 Å². The summed E-state index contributed by atoms with van der Waals surface area (Å²) in [5, 5.41) is 24.5. The van der Waals surface area contributed by atoms with E-state index in [2.05, 4.69) is 27.2 Å². The molecular weight excluding hydrogens is 372 g/mol. The molecule has 0 spiro atoms. The number of tetrazole rings is 1. The van der Waals surface area contributed by atoms with Crippen molar-refractivity contribution in [1.82, 2.24) is 35.5 Å². The maximum Gasteiger partial charge on any atom is 0.226 e. The molecule has 2 aliphatic rings. The lowest BCUT2D eigenvalue weighted by atomic mass is 9.58. The molecule has 29 heavy (non-hydrogen) atoms. The molecule has 0 unspecified atom stereocenters. The number of Topliss-reactive ketones (excluding diaryl/α,β-unsaturated/α-hetero) is 1. The molecule has 3 atom stereocenters. The highest BCUT2D eigenvalue weighted by Crippen LogP contribution is 2.50. The minimum absolute atomic E-state index is 0.0485. The van der Waals surface area contributed by atoms with Gasteiger partial charge in [0.2, 0.25) is 11.5 Å². The average Bonchev–Trinajstić information content (AvgIpc) is 3.30. The van der Waals surface area contributed by atoms with Crippen LogP contribution in [0, 0.1) is 18.4 Å². The molecule has 4 rings (SSSR count). The first-order valence-electron chi connectivity index (χ1n) is 10.0. The summed E-state index contributed by atoms with van der Waals surface area (Å²) < 4.78 is 7.54. The number of hydrogen-bond acceptors (Lipinski definition) is 7. The number of nitrogens with one attached hydrogen (secondary N) is 1. The zero-order valence-electron chi connectivity index (χ0n) is 18.6. The van der Waals surface area contributed by atoms with Gasteiger partial charge in [-0.05, 0) is 24.0 Å². The summed E-state index contributed by atoms with van der Waals surface area (Å²) in [4.78, 5) is 17.3. The zero-order valence-corrected chi connectivity index (χ0v) is 17.6. The average molecular weight is 402 g/mol. The Morgan fingerprint density at radius 2 is 2.10 bits per heavy atom. The molecule has 2 aromatic rings. The molecule has 0 aromatic carbocycles. The Bertz CT molecular complexity index is 989. The van der Waals surface area contributed by atoms with Gasteiger partial charge in [-0.2, -0.15) is 9.90 Å². The van der Waals surface area contributed by atoms with E-state index in [9.17, 15) is 4.79 Å². The molecule has 10 nitrogen and oxygen atoms in total. The number of carbonyl (C=O) groups is 1. The summed E-state index contributed by atoms with van der Waals surface area (Å²) in [7, 11) is 6.29. The number of fused-ring (bicyclic) bond motifs is 3. The lowest BCUT2D eigenvalue weighted by molar-refractivity contribution is -0.121. The van der Waals surface area contributed by atoms with Gasteiger partial charge in [-0.25, -0.2) is 10.3 Å². The second-order valence-corrected chi connectivity index (χ2v) is 7.35. The molecule has 2 aromatic heterocycles. The SMILES string of the molecule is CNO.[3H]C.[C-]#[N+]C1=C[C@]2(C)c3nn(C)c(-c4nnn(C)n4)c3CC[C@H]2[C@H](C)C1=O. The summed E-state index contributed by atoms with van der Waals surface area (Å²) in [6.07, 6.45) is 3.51. The second kappa shape index (κ2) is 8.23. The number of hydroxylamine groups is 1. The van der Waals surface area contributed by atoms with E-state index in [1.807, 2.05) is 20.0 Å². The van der Waals surface area contributed by atoms with Crippen LogP contribution in [0.5, 0.6) is 0 Å². The van der Waals surface area contributed by atoms with E-state index in [0.29, 0.717) is 5.82 Å². The summed E-state index contributed by atoms with van der Waals surface area (Å²) in [6, 6.07) is 0. The number of aromatic nitrogens is 6. The van der Waals surface area contributed by atoms with Crippen LogP contribution in [0.25, 0.3) is 16.4 Å². The predicted octanol–water partition coefficient (Wildman–Crippen LogP) is 1.68. The van der Waals surface area contributed by atoms with E-state index in [4.69, 9.17) is 18.2 Å². The van der Waals surface area contributed by atoms with Crippen LogP contribution < -0.4 is 5.48 Å². The molecule has 10 heteroatoms. The zero-order chi connectivity index (χ0) is 22.6. The number of allylic oxidation sites excluding steroid dienone is 2. The van der Waals surface area contributed by atoms with E-state index in [0.717, 1.165) is 29.8 Å². The van der Waals surface area contributed by atoms with E-state index in [-0.39, 0.29) is 23.3 Å². The van der Waals surface area contributed by atoms with Gasteiger partial charge in [0.15, 0.2) is 5.78 Å². The Balaban J connectivity index is 0.000000590. The Kier molecular flexibility index (Phi) is 5.91. The van der Waals surface area contributed by atoms with Crippen LogP contribution in [0.15, 0.2) is 11.8 Å². The fraction of sp³-hybridized carbons (Fsp3) is 0.579. The van der Waals surface area contributed by atoms with Crippen molar-refractivity contribution in [2.24, 2.45) is 25.9 Å². The van der Waals surface area contributed by atoms with Crippen molar-refractivity contribution < 1.29 is 11.4 Å². The summed E-state index contributed by atoms with van der Waals surface area (Å²) in [5.74, 6) is 0.478. The smallest absolute Gasteiger partial charge is 0.226 e. The van der Waals surface area contributed by atoms with E-state index < -0.39 is 5.41 Å². The first kappa shape index (κ1) is 20.8. The quantitative estimate of drug-likeness (QED) is 0.551. The van der Waals surface area contributed by atoms with Crippen molar-refractivity contribution >= 4 is 5.78 Å². The predicted molar refractivity (Wildman–Crippen MR) is 107 cm³/mol. The maximum atomic E-state index is 12.4. The Hall–Kier alpha value is -2.90. The second-order valence-electron chi connectivity index (χ2n) is 7.35. The molecule has 0 radical (unpaired) electrons. The van der Waals surface area contributed by atoms with Crippen LogP contribution in [-0.4, -0.2) is 48.0 Å². The third-order valence-corrected chi connectivity index (χ3v) is 5.68. The topological polar surface area (TPSA) is 115 Å². The Morgan fingerprint density at radius 3 is 2.66 bits per heavy atom. The summed E-state index contributed by atoms with van der Waals surface area (Å²) in [5.41, 5.74) is 4.43. The number of nitrogens with zero attached hydrogens (tertiary/aromatic N) is 7. The van der Waals surface area contributed by atoms with Crippen LogP contribution >= 0.6 is 0 Å². The fourth-order valence-electron chi connectivity index (χ4n) is 4.47. The first-order chi connectivity index (χ1) is 14.3. The lowest BCUT2D eigenvalue weighted by Gasteiger charge is -2.44. The van der Waals surface area contributed by atoms with Gasteiger partial charge >= 0.3 is 0 Å². The highest BCUT2D eigenvalue weighted by Gasteiger charge is 2.50. The van der Waals surface area contributed by atoms with Gasteiger partial charge in [-0.3, -0.25) is 4.68 Å². The fourth-order valence-corrected chi connectivity index (χ4v) is 4.47. The first-order valence-corrected chi connectivity index (χ1v) is 9.04. The van der Waals surface area contributed by atoms with Gasteiger partial charge in [0.1, 0.15) is 5.69 Å². The van der Waals surface area contributed by atoms with E-state index in [1.165, 1.54) is 19.2 Å². The van der Waals surface area contributed by atoms with E-state index >= 15 is 0 Å². The Labute approximate surface area is 171 Å². The molecule has 0 bridgehead atoms. The third kappa shape index (κ3) is 3.47. The van der Waals surface area contributed by atoms with Crippen molar-refractivity contribution in [2.45, 2.75) is 39.5 Å². The standard InChI is InChI=1S/C17H19N7O.CH5NO.CH4/c1-9-11-7-6-10-13(16-19-22-24(5)21-16)23(4)20-15(10)17(11,2)8-12(18-3)14(9)25;1-2-3;/h8-9,11H,6-7H2,1-2,4-5H3;2-3H,1H3;1H4/t9-,11-,17-;;/m0../s1/i;;1T. The van der Waals surface area contributed by atoms with Gasteiger partial charge < -0.3 is 10.0 Å². The Morgan fingerprint density at radius 1 is 1.45 bits per heavy atom. The minimum atomic E-state index is -0.432. The lowest BCUT2D eigenvalue weighted by Crippen LogP contribution is -2.45. The number of aryl methyl sites for hydroxylation is 2. The molecule has 2 N–H and O–H groups in total. The number of hydrogen-bond donors (Lipinski definition) is 2. The van der Waals surface area contributed by atoms with Gasteiger partial charge in [0.05, 0.1) is 19.3 Å². The van der Waals surface area contributed by atoms with Crippen molar-refractivity contribution in [1.29, 1.82) is 0 Å². The number of carbonyl (C=O) groups excluding carboxylic acids is 1. The van der Waals surface area contributed by atoms with Crippen molar-refractivity contribution in [3.05, 3.63) is 34.4 Å². The molecule has 0 saturated heterocycles. The summed E-state index contributed by atoms with van der Waals surface area (Å²) >= 11 is 0. The summed E-state index contributed by atoms with van der Waals surface area (Å²) in [6.45, 7) is 11.4. The van der Waals surface area contributed by atoms with Gasteiger partial charge in [0, 0.05) is 32.4 Å². The molecule has 156 valence electrons. The largest absolute Gasteiger partial charge is 0.317 e. The van der Waals surface area contributed by atoms with Crippen LogP contribution in [0.1, 0.15) is 40.3 Å². The molecule has 0 amide bonds. The van der Waals surface area contributed by atoms with Gasteiger partial charge in [-0.15, -0.1) is 10.2 Å². The van der Waals surface area contributed by atoms with Crippen molar-refractivity contribution in [2.75, 3.05) is 7.05 Å². The third-order valence-electron chi connectivity index (χ3n) is 5.68. The minimum Gasteiger partial charge on any atom is -0.317 e. The van der Waals surface area contributed by atoms with Crippen LogP contribution in [0.2, 0.25) is 0 Å². The molecule has 0 fully saturated rings. The maximum absolute atomic E-state index is 12.4. The van der Waals surface area contributed by atoms with Crippen molar-refractivity contribution in [3.63, 3.8) is 0 Å². The molecule has 0 saturated carbocycles. The number of ketones is 1. The molecule has 2 aliphatic carbocycles. The number of rotatable bonds is 1. The van der Waals surface area contributed by atoms with Gasteiger partial charge in [0.25, 0.3) is 0 Å². The van der Waals surface area contributed by atoms with Gasteiger partial charge in [-0.1, -0.05) is 27.3 Å². The molecule has 2 heterocycles. The normalized spacial score (nSPS) is 25.1. The highest BCUT2D eigenvalue weighted by atomic mass is 16.5. The highest BCUT2D eigenvalue weighted by molar-refractivity contribution is 6.00. The molecular formula is C19H28N8O2. The molecule has 0 aliphatic heterocycles.